The first-order chi connectivity index (χ1) is 20.0. The Balaban J connectivity index is 1.70. The third kappa shape index (κ3) is 7.33. The Bertz CT molecular complexity index is 1180. The highest BCUT2D eigenvalue weighted by atomic mass is 16.5. The molecule has 3 amide bonds. The van der Waals surface area contributed by atoms with Crippen LogP contribution in [0.2, 0.25) is 0 Å². The monoisotopic (exact) mass is 579 g/mol. The van der Waals surface area contributed by atoms with Crippen molar-refractivity contribution in [2.24, 2.45) is 5.41 Å². The minimum absolute atomic E-state index is 0.215. The Labute approximate surface area is 251 Å². The number of esters is 1. The lowest BCUT2D eigenvalue weighted by molar-refractivity contribution is -0.191. The number of nitrogens with one attached hydrogen (secondary N) is 1. The number of carbonyl (C=O) groups excluding carboxylic acids is 3. The molecule has 2 aromatic carbocycles. The van der Waals surface area contributed by atoms with E-state index in [1.54, 1.807) is 24.3 Å². The summed E-state index contributed by atoms with van der Waals surface area (Å²) in [6.07, 6.45) is 1.96. The Morgan fingerprint density at radius 3 is 2.07 bits per heavy atom. The van der Waals surface area contributed by atoms with Crippen molar-refractivity contribution >= 4 is 17.9 Å². The third-order valence-electron chi connectivity index (χ3n) is 8.43. The van der Waals surface area contributed by atoms with Crippen molar-refractivity contribution in [1.82, 2.24) is 15.1 Å². The molecule has 8 nitrogen and oxygen atoms in total. The van der Waals surface area contributed by atoms with Gasteiger partial charge in [0.25, 0.3) is 0 Å². The molecule has 1 N–H and O–H groups in total. The van der Waals surface area contributed by atoms with Gasteiger partial charge in [0.15, 0.2) is 6.23 Å². The fraction of sp³-hybridized carbons (Fsp3) is 0.559. The van der Waals surface area contributed by atoms with Crippen molar-refractivity contribution in [3.8, 4) is 5.75 Å². The minimum atomic E-state index is -0.794. The van der Waals surface area contributed by atoms with E-state index >= 15 is 0 Å². The molecular weight excluding hydrogens is 530 g/mol. The van der Waals surface area contributed by atoms with Gasteiger partial charge in [0.05, 0.1) is 11.6 Å². The first-order valence-corrected chi connectivity index (χ1v) is 15.4. The second kappa shape index (κ2) is 14.7. The maximum Gasteiger partial charge on any atom is 0.338 e. The molecular formula is C34H49N3O5. The van der Waals surface area contributed by atoms with Crippen molar-refractivity contribution in [3.63, 3.8) is 0 Å². The number of ether oxygens (including phenoxy) is 2. The summed E-state index contributed by atoms with van der Waals surface area (Å²) in [5, 5.41) is 3.07. The maximum absolute atomic E-state index is 13.5. The quantitative estimate of drug-likeness (QED) is 0.194. The third-order valence-corrected chi connectivity index (χ3v) is 8.43. The van der Waals surface area contributed by atoms with E-state index in [1.807, 2.05) is 45.0 Å². The number of urea groups is 1. The van der Waals surface area contributed by atoms with Crippen molar-refractivity contribution in [2.45, 2.75) is 105 Å². The van der Waals surface area contributed by atoms with E-state index in [0.717, 1.165) is 24.0 Å². The van der Waals surface area contributed by atoms with Crippen LogP contribution >= 0.6 is 0 Å². The number of imide groups is 1. The van der Waals surface area contributed by atoms with Gasteiger partial charge in [-0.1, -0.05) is 57.0 Å². The molecule has 1 saturated heterocycles. The van der Waals surface area contributed by atoms with E-state index in [0.29, 0.717) is 49.4 Å². The lowest BCUT2D eigenvalue weighted by atomic mass is 9.72. The van der Waals surface area contributed by atoms with Gasteiger partial charge in [0, 0.05) is 18.6 Å². The zero-order valence-corrected chi connectivity index (χ0v) is 26.6. The molecule has 1 heterocycles. The second-order valence-electron chi connectivity index (χ2n) is 11.8. The number of rotatable bonds is 14. The number of aryl methyl sites for hydroxylation is 1. The number of benzene rings is 2. The van der Waals surface area contributed by atoms with Crippen LogP contribution in [0.15, 0.2) is 48.5 Å². The number of likely N-dealkylation sites (tertiary alicyclic amines) is 1. The van der Waals surface area contributed by atoms with Crippen LogP contribution in [0.1, 0.15) is 102 Å². The highest BCUT2D eigenvalue weighted by Crippen LogP contribution is 2.46. The lowest BCUT2D eigenvalue weighted by Gasteiger charge is -2.53. The molecule has 42 heavy (non-hydrogen) atoms. The molecule has 0 aliphatic carbocycles. The molecule has 2 aromatic rings. The van der Waals surface area contributed by atoms with E-state index in [2.05, 4.69) is 44.8 Å². The standard InChI is InChI=1S/C34H49N3O5/c1-9-12-29(26-15-13-25(8)14-16-26)35-33(40)37-31(39)34(10-2,11-3)32(37)42-28-19-17-27(18-20-28)30(38)41-22-21-36(23(4)5)24(6)7/h13-20,23-24,29,32H,9-12,21-22H2,1-8H3,(H,35,40)/t29-,32-/m0/s1. The van der Waals surface area contributed by atoms with Crippen LogP contribution in [-0.2, 0) is 9.53 Å². The molecule has 2 atom stereocenters. The van der Waals surface area contributed by atoms with Gasteiger partial charge in [-0.25, -0.2) is 14.5 Å². The minimum Gasteiger partial charge on any atom is -0.469 e. The molecule has 0 unspecified atom stereocenters. The topological polar surface area (TPSA) is 88.2 Å². The molecule has 0 radical (unpaired) electrons. The Morgan fingerprint density at radius 2 is 1.55 bits per heavy atom. The second-order valence-corrected chi connectivity index (χ2v) is 11.8. The average Bonchev–Trinajstić information content (AvgIpc) is 2.96. The van der Waals surface area contributed by atoms with Crippen LogP contribution in [0.25, 0.3) is 0 Å². The summed E-state index contributed by atoms with van der Waals surface area (Å²) in [6, 6.07) is 14.8. The predicted octanol–water partition coefficient (Wildman–Crippen LogP) is 6.88. The van der Waals surface area contributed by atoms with Crippen molar-refractivity contribution in [2.75, 3.05) is 13.2 Å². The van der Waals surface area contributed by atoms with Gasteiger partial charge in [0.2, 0.25) is 5.91 Å². The van der Waals surface area contributed by atoms with Crippen LogP contribution in [0.5, 0.6) is 5.75 Å². The van der Waals surface area contributed by atoms with Gasteiger partial charge in [-0.3, -0.25) is 9.69 Å². The van der Waals surface area contributed by atoms with Gasteiger partial charge < -0.3 is 14.8 Å². The summed E-state index contributed by atoms with van der Waals surface area (Å²) in [4.78, 5) is 43.0. The van der Waals surface area contributed by atoms with Crippen LogP contribution in [-0.4, -0.2) is 59.2 Å². The number of hydrogen-bond donors (Lipinski definition) is 1. The first-order valence-electron chi connectivity index (χ1n) is 15.4. The van der Waals surface area contributed by atoms with E-state index in [9.17, 15) is 14.4 Å². The molecule has 230 valence electrons. The first kappa shape index (κ1) is 33.1. The van der Waals surface area contributed by atoms with Crippen LogP contribution in [0, 0.1) is 12.3 Å². The zero-order valence-electron chi connectivity index (χ0n) is 26.6. The van der Waals surface area contributed by atoms with E-state index in [1.165, 1.54) is 4.90 Å². The molecule has 1 fully saturated rings. The van der Waals surface area contributed by atoms with Crippen molar-refractivity contribution < 1.29 is 23.9 Å². The van der Waals surface area contributed by atoms with Gasteiger partial charge in [0.1, 0.15) is 17.8 Å². The summed E-state index contributed by atoms with van der Waals surface area (Å²) < 4.78 is 11.8. The SMILES string of the molecule is CCC[C@H](NC(=O)N1C(=O)C(CC)(CC)[C@@H]1Oc1ccc(C(=O)OCCN(C(C)C)C(C)C)cc1)c1ccc(C)cc1. The maximum atomic E-state index is 13.5. The summed E-state index contributed by atoms with van der Waals surface area (Å²) >= 11 is 0. The van der Waals surface area contributed by atoms with Gasteiger partial charge in [-0.15, -0.1) is 0 Å². The number of nitrogens with zero attached hydrogens (tertiary/aromatic N) is 2. The fourth-order valence-electron chi connectivity index (χ4n) is 5.77. The van der Waals surface area contributed by atoms with Gasteiger partial charge >= 0.3 is 12.0 Å². The molecule has 0 bridgehead atoms. The molecule has 1 aliphatic heterocycles. The number of amides is 3. The molecule has 0 aromatic heterocycles. The highest BCUT2D eigenvalue weighted by molar-refractivity contribution is 6.03. The Morgan fingerprint density at radius 1 is 0.952 bits per heavy atom. The molecule has 3 rings (SSSR count). The summed E-state index contributed by atoms with van der Waals surface area (Å²) in [5.41, 5.74) is 1.77. The molecule has 0 spiro atoms. The average molecular weight is 580 g/mol. The van der Waals surface area contributed by atoms with Crippen molar-refractivity contribution in [3.05, 3.63) is 65.2 Å². The van der Waals surface area contributed by atoms with Crippen LogP contribution in [0.4, 0.5) is 4.79 Å². The van der Waals surface area contributed by atoms with Gasteiger partial charge in [-0.05, 0) is 83.7 Å². The Kier molecular flexibility index (Phi) is 11.6. The van der Waals surface area contributed by atoms with E-state index in [-0.39, 0.29) is 11.9 Å². The van der Waals surface area contributed by atoms with Gasteiger partial charge in [-0.2, -0.15) is 0 Å². The van der Waals surface area contributed by atoms with E-state index < -0.39 is 23.6 Å². The largest absolute Gasteiger partial charge is 0.469 e. The number of β-lactam (4-membered cyclic amide) rings is 1. The Hall–Kier alpha value is -3.39. The zero-order chi connectivity index (χ0) is 31.0. The number of carbonyl (C=O) groups is 3. The van der Waals surface area contributed by atoms with Crippen LogP contribution in [0.3, 0.4) is 0 Å². The lowest BCUT2D eigenvalue weighted by Crippen LogP contribution is -2.73. The summed E-state index contributed by atoms with van der Waals surface area (Å²) in [7, 11) is 0. The molecule has 1 aliphatic rings. The number of hydrogen-bond acceptors (Lipinski definition) is 6. The summed E-state index contributed by atoms with van der Waals surface area (Å²) in [6.45, 7) is 17.4. The van der Waals surface area contributed by atoms with E-state index in [4.69, 9.17) is 9.47 Å². The normalized spacial score (nSPS) is 16.9. The smallest absolute Gasteiger partial charge is 0.338 e. The predicted molar refractivity (Wildman–Crippen MR) is 165 cm³/mol. The summed E-state index contributed by atoms with van der Waals surface area (Å²) in [5.74, 6) is -0.155. The highest BCUT2D eigenvalue weighted by Gasteiger charge is 2.63. The van der Waals surface area contributed by atoms with Crippen molar-refractivity contribution in [1.29, 1.82) is 0 Å². The van der Waals surface area contributed by atoms with Crippen LogP contribution < -0.4 is 10.1 Å². The fourth-order valence-corrected chi connectivity index (χ4v) is 5.77. The molecule has 8 heteroatoms. The molecule has 0 saturated carbocycles.